The van der Waals surface area contributed by atoms with Gasteiger partial charge in [-0.15, -0.1) is 0 Å². The SMILES string of the molecule is CN1C(N)=NC(O)C1O. The van der Waals surface area contributed by atoms with Crippen molar-refractivity contribution in [3.8, 4) is 0 Å². The highest BCUT2D eigenvalue weighted by atomic mass is 16.4. The zero-order valence-electron chi connectivity index (χ0n) is 5.02. The predicted molar refractivity (Wildman–Crippen MR) is 31.4 cm³/mol. The van der Waals surface area contributed by atoms with Gasteiger partial charge in [-0.2, -0.15) is 0 Å². The lowest BCUT2D eigenvalue weighted by molar-refractivity contribution is -0.0221. The number of nitrogens with two attached hydrogens (primary N) is 1. The molecule has 0 fully saturated rings. The Balaban J connectivity index is 2.70. The Morgan fingerprint density at radius 1 is 1.67 bits per heavy atom. The number of nitrogens with zero attached hydrogens (tertiary/aromatic N) is 2. The Kier molecular flexibility index (Phi) is 1.30. The van der Waals surface area contributed by atoms with E-state index in [4.69, 9.17) is 15.9 Å². The third-order valence-electron chi connectivity index (χ3n) is 1.29. The van der Waals surface area contributed by atoms with Gasteiger partial charge in [-0.05, 0) is 0 Å². The summed E-state index contributed by atoms with van der Waals surface area (Å²) in [5, 5.41) is 17.7. The van der Waals surface area contributed by atoms with Gasteiger partial charge < -0.3 is 20.8 Å². The minimum Gasteiger partial charge on any atom is -0.370 e. The maximum absolute atomic E-state index is 8.92. The molecular weight excluding hydrogens is 122 g/mol. The van der Waals surface area contributed by atoms with Crippen LogP contribution in [0, 0.1) is 0 Å². The molecule has 0 bridgehead atoms. The van der Waals surface area contributed by atoms with Crippen molar-refractivity contribution in [3.63, 3.8) is 0 Å². The van der Waals surface area contributed by atoms with Gasteiger partial charge in [-0.25, -0.2) is 4.99 Å². The Morgan fingerprint density at radius 3 is 2.33 bits per heavy atom. The Bertz CT molecular complexity index is 147. The van der Waals surface area contributed by atoms with Crippen LogP contribution >= 0.6 is 0 Å². The molecule has 2 atom stereocenters. The maximum atomic E-state index is 8.92. The molecule has 1 rings (SSSR count). The van der Waals surface area contributed by atoms with E-state index < -0.39 is 12.5 Å². The zero-order chi connectivity index (χ0) is 7.02. The molecule has 5 nitrogen and oxygen atoms in total. The van der Waals surface area contributed by atoms with E-state index in [9.17, 15) is 0 Å². The van der Waals surface area contributed by atoms with E-state index in [1.165, 1.54) is 4.90 Å². The average molecular weight is 131 g/mol. The van der Waals surface area contributed by atoms with Crippen molar-refractivity contribution in [3.05, 3.63) is 0 Å². The Morgan fingerprint density at radius 2 is 2.22 bits per heavy atom. The van der Waals surface area contributed by atoms with Crippen LogP contribution in [0.25, 0.3) is 0 Å². The van der Waals surface area contributed by atoms with Gasteiger partial charge in [-0.1, -0.05) is 0 Å². The molecule has 0 amide bonds. The van der Waals surface area contributed by atoms with Crippen molar-refractivity contribution in [1.82, 2.24) is 4.90 Å². The molecule has 0 saturated heterocycles. The fourth-order valence-corrected chi connectivity index (χ4v) is 0.629. The smallest absolute Gasteiger partial charge is 0.195 e. The third-order valence-corrected chi connectivity index (χ3v) is 1.29. The summed E-state index contributed by atoms with van der Waals surface area (Å²) in [6.45, 7) is 0. The summed E-state index contributed by atoms with van der Waals surface area (Å²) < 4.78 is 0. The van der Waals surface area contributed by atoms with Crippen molar-refractivity contribution < 1.29 is 10.2 Å². The van der Waals surface area contributed by atoms with Gasteiger partial charge in [0.2, 0.25) is 0 Å². The van der Waals surface area contributed by atoms with Gasteiger partial charge in [0.05, 0.1) is 0 Å². The fraction of sp³-hybridized carbons (Fsp3) is 0.750. The number of guanidine groups is 1. The van der Waals surface area contributed by atoms with Crippen molar-refractivity contribution >= 4 is 5.96 Å². The van der Waals surface area contributed by atoms with Gasteiger partial charge in [0, 0.05) is 7.05 Å². The summed E-state index contributed by atoms with van der Waals surface area (Å²) in [6.07, 6.45) is -2.07. The van der Waals surface area contributed by atoms with E-state index in [0.717, 1.165) is 0 Å². The minimum absolute atomic E-state index is 0.162. The first-order valence-corrected chi connectivity index (χ1v) is 2.55. The van der Waals surface area contributed by atoms with E-state index in [2.05, 4.69) is 4.99 Å². The molecule has 9 heavy (non-hydrogen) atoms. The van der Waals surface area contributed by atoms with Crippen LogP contribution in [0.4, 0.5) is 0 Å². The molecule has 0 aromatic carbocycles. The lowest BCUT2D eigenvalue weighted by Gasteiger charge is -2.16. The summed E-state index contributed by atoms with van der Waals surface area (Å²) in [4.78, 5) is 4.77. The molecule has 1 heterocycles. The first-order valence-electron chi connectivity index (χ1n) is 2.55. The van der Waals surface area contributed by atoms with Gasteiger partial charge in [0.25, 0.3) is 0 Å². The summed E-state index contributed by atoms with van der Waals surface area (Å²) in [7, 11) is 1.56. The lowest BCUT2D eigenvalue weighted by Crippen LogP contribution is -2.39. The van der Waals surface area contributed by atoms with Crippen molar-refractivity contribution in [2.75, 3.05) is 7.05 Å². The number of aliphatic hydroxyl groups excluding tert-OH is 2. The Labute approximate surface area is 52.4 Å². The van der Waals surface area contributed by atoms with E-state index in [-0.39, 0.29) is 5.96 Å². The normalized spacial score (nSPS) is 35.0. The second kappa shape index (κ2) is 1.85. The highest BCUT2D eigenvalue weighted by Crippen LogP contribution is 2.07. The van der Waals surface area contributed by atoms with Crippen LogP contribution in [0.3, 0.4) is 0 Å². The molecule has 2 unspecified atom stereocenters. The number of likely N-dealkylation sites (N-methyl/N-ethyl adjacent to an activating group) is 1. The van der Waals surface area contributed by atoms with Gasteiger partial charge >= 0.3 is 0 Å². The monoisotopic (exact) mass is 131 g/mol. The summed E-state index contributed by atoms with van der Waals surface area (Å²) in [5.41, 5.74) is 5.22. The van der Waals surface area contributed by atoms with Crippen molar-refractivity contribution in [2.45, 2.75) is 12.5 Å². The lowest BCUT2D eigenvalue weighted by atomic mass is 10.5. The van der Waals surface area contributed by atoms with Crippen LogP contribution < -0.4 is 5.73 Å². The first kappa shape index (κ1) is 6.31. The second-order valence-corrected chi connectivity index (χ2v) is 1.93. The molecule has 1 aliphatic heterocycles. The molecular formula is C4H9N3O2. The fourth-order valence-electron chi connectivity index (χ4n) is 0.629. The predicted octanol–water partition coefficient (Wildman–Crippen LogP) is -2.12. The summed E-state index contributed by atoms with van der Waals surface area (Å²) >= 11 is 0. The van der Waals surface area contributed by atoms with Crippen LogP contribution in [-0.4, -0.2) is 40.6 Å². The van der Waals surface area contributed by atoms with Gasteiger partial charge in [0.1, 0.15) is 0 Å². The van der Waals surface area contributed by atoms with Gasteiger partial charge in [0.15, 0.2) is 18.4 Å². The maximum Gasteiger partial charge on any atom is 0.195 e. The van der Waals surface area contributed by atoms with E-state index in [1.54, 1.807) is 7.05 Å². The number of hydrogen-bond acceptors (Lipinski definition) is 5. The summed E-state index contributed by atoms with van der Waals surface area (Å²) in [5.74, 6) is 0.162. The van der Waals surface area contributed by atoms with E-state index >= 15 is 0 Å². The van der Waals surface area contributed by atoms with Crippen molar-refractivity contribution in [2.24, 2.45) is 10.7 Å². The summed E-state index contributed by atoms with van der Waals surface area (Å²) in [6, 6.07) is 0. The number of hydrogen-bond donors (Lipinski definition) is 3. The third kappa shape index (κ3) is 0.839. The average Bonchev–Trinajstić information content (AvgIpc) is 1.98. The molecule has 0 aromatic heterocycles. The molecule has 5 heteroatoms. The van der Waals surface area contributed by atoms with E-state index in [1.807, 2.05) is 0 Å². The van der Waals surface area contributed by atoms with Crippen LogP contribution in [0.1, 0.15) is 0 Å². The quantitative estimate of drug-likeness (QED) is 0.351. The zero-order valence-corrected chi connectivity index (χ0v) is 5.02. The standard InChI is InChI=1S/C4H9N3O2/c1-7-3(9)2(8)6-4(7)5/h2-3,8-9H,1H3,(H2,5,6). The first-order chi connectivity index (χ1) is 4.13. The number of aliphatic imine (C=N–C) groups is 1. The topological polar surface area (TPSA) is 82.1 Å². The molecule has 1 aliphatic rings. The van der Waals surface area contributed by atoms with E-state index in [0.29, 0.717) is 0 Å². The molecule has 0 aromatic rings. The Hall–Kier alpha value is -0.810. The van der Waals surface area contributed by atoms with Crippen LogP contribution in [-0.2, 0) is 0 Å². The highest BCUT2D eigenvalue weighted by Gasteiger charge is 2.28. The van der Waals surface area contributed by atoms with Crippen LogP contribution in [0.2, 0.25) is 0 Å². The van der Waals surface area contributed by atoms with Crippen LogP contribution in [0.15, 0.2) is 4.99 Å². The molecule has 4 N–H and O–H groups in total. The molecule has 52 valence electrons. The molecule has 0 radical (unpaired) electrons. The number of aliphatic hydroxyl groups is 2. The molecule has 0 spiro atoms. The molecule has 0 saturated carbocycles. The number of rotatable bonds is 0. The van der Waals surface area contributed by atoms with Gasteiger partial charge in [-0.3, -0.25) is 0 Å². The molecule has 0 aliphatic carbocycles. The van der Waals surface area contributed by atoms with Crippen LogP contribution in [0.5, 0.6) is 0 Å². The largest absolute Gasteiger partial charge is 0.370 e. The highest BCUT2D eigenvalue weighted by molar-refractivity contribution is 5.79. The second-order valence-electron chi connectivity index (χ2n) is 1.93. The van der Waals surface area contributed by atoms with Crippen molar-refractivity contribution in [1.29, 1.82) is 0 Å². The minimum atomic E-state index is -1.09.